The van der Waals surface area contributed by atoms with Crippen LogP contribution in [0.1, 0.15) is 0 Å². The van der Waals surface area contributed by atoms with Crippen LogP contribution in [-0.4, -0.2) is 40.4 Å². The van der Waals surface area contributed by atoms with E-state index in [1.54, 1.807) is 0 Å². The van der Waals surface area contributed by atoms with E-state index in [0.717, 1.165) is 0 Å². The average molecular weight is 500 g/mol. The van der Waals surface area contributed by atoms with Crippen molar-refractivity contribution in [2.24, 2.45) is 0 Å². The number of hydrogen-bond donors (Lipinski definition) is 0. The molecule has 7 heteroatoms. The van der Waals surface area contributed by atoms with Crippen molar-refractivity contribution in [3.63, 3.8) is 0 Å². The molecule has 13 heavy (non-hydrogen) atoms. The van der Waals surface area contributed by atoms with Crippen LogP contribution < -0.4 is 0 Å². The van der Waals surface area contributed by atoms with Crippen molar-refractivity contribution in [3.8, 4) is 0 Å². The van der Waals surface area contributed by atoms with Crippen LogP contribution in [0, 0.1) is 0 Å². The molecule has 0 aromatic carbocycles. The number of halogens is 4. The molecule has 0 aliphatic heterocycles. The third-order valence-electron chi connectivity index (χ3n) is 2.63. The van der Waals surface area contributed by atoms with Gasteiger partial charge in [-0.1, -0.05) is 0 Å². The van der Waals surface area contributed by atoms with Crippen LogP contribution in [0.25, 0.3) is 0 Å². The minimum atomic E-state index is -3.02. The molecule has 0 nitrogen and oxygen atoms in total. The summed E-state index contributed by atoms with van der Waals surface area (Å²) in [6.07, 6.45) is 0. The first kappa shape index (κ1) is 16.0. The van der Waals surface area contributed by atoms with Crippen molar-refractivity contribution in [3.05, 3.63) is 0 Å². The van der Waals surface area contributed by atoms with Crippen LogP contribution in [-0.2, 0) is 0 Å². The summed E-state index contributed by atoms with van der Waals surface area (Å²) in [5, 5.41) is 0. The molecule has 0 rings (SSSR count). The molecule has 0 unspecified atom stereocenters. The molecule has 0 N–H and O–H groups in total. The first-order chi connectivity index (χ1) is 5.04. The second-order valence-electron chi connectivity index (χ2n) is 5.23. The molecular formula is C6H18Br4P2Si. The van der Waals surface area contributed by atoms with E-state index >= 15 is 0 Å². The Morgan fingerprint density at radius 1 is 0.615 bits per heavy atom. The maximum absolute atomic E-state index is 4.04. The summed E-state index contributed by atoms with van der Waals surface area (Å²) >= 11 is 16.1. The molecule has 0 fully saturated rings. The van der Waals surface area contributed by atoms with Gasteiger partial charge in [-0.05, 0) is 0 Å². The molecule has 0 amide bonds. The zero-order chi connectivity index (χ0) is 11.4. The Kier molecular flexibility index (Phi) is 4.02. The second kappa shape index (κ2) is 3.27. The minimum absolute atomic E-state index is 1.09. The van der Waals surface area contributed by atoms with Gasteiger partial charge in [-0.15, -0.1) is 0 Å². The average Bonchev–Trinajstić information content (AvgIpc) is 1.51. The Morgan fingerprint density at radius 2 is 0.769 bits per heavy atom. The van der Waals surface area contributed by atoms with Gasteiger partial charge in [-0.25, -0.2) is 0 Å². The van der Waals surface area contributed by atoms with E-state index in [4.69, 9.17) is 0 Å². The molecule has 0 aliphatic carbocycles. The van der Waals surface area contributed by atoms with Gasteiger partial charge in [0.25, 0.3) is 0 Å². The van der Waals surface area contributed by atoms with E-state index in [1.165, 1.54) is 0 Å². The normalized spacial score (nSPS) is 20.8. The van der Waals surface area contributed by atoms with Crippen LogP contribution in [0.15, 0.2) is 0 Å². The van der Waals surface area contributed by atoms with E-state index in [9.17, 15) is 0 Å². The predicted molar refractivity (Wildman–Crippen MR) is 90.8 cm³/mol. The summed E-state index contributed by atoms with van der Waals surface area (Å²) in [6.45, 7) is 12.0. The van der Waals surface area contributed by atoms with Gasteiger partial charge in [0.05, 0.1) is 0 Å². The van der Waals surface area contributed by atoms with Crippen molar-refractivity contribution < 1.29 is 0 Å². The zero-order valence-electron chi connectivity index (χ0n) is 8.91. The second-order valence-corrected chi connectivity index (χ2v) is 89.2. The van der Waals surface area contributed by atoms with Crippen molar-refractivity contribution in [1.29, 1.82) is 0 Å². The van der Waals surface area contributed by atoms with Crippen LogP contribution in [0.4, 0.5) is 0 Å². The van der Waals surface area contributed by atoms with Gasteiger partial charge in [0.2, 0.25) is 0 Å². The van der Waals surface area contributed by atoms with Crippen LogP contribution in [0.3, 0.4) is 0 Å². The SMILES string of the molecule is C[P+](C)(C)[Si-2](Br)(Br)(Br)(Br)[P+](C)(C)C. The fourth-order valence-corrected chi connectivity index (χ4v) is 24.3. The van der Waals surface area contributed by atoms with Crippen molar-refractivity contribution in [1.82, 2.24) is 0 Å². The Hall–Kier alpha value is 3.00. The van der Waals surface area contributed by atoms with Gasteiger partial charge >= 0.3 is 115 Å². The predicted octanol–water partition coefficient (Wildman–Crippen LogP) is 5.72. The third kappa shape index (κ3) is 2.33. The zero-order valence-corrected chi connectivity index (χ0v) is 18.0. The van der Waals surface area contributed by atoms with Crippen LogP contribution in [0.5, 0.6) is 0 Å². The van der Waals surface area contributed by atoms with E-state index in [0.29, 0.717) is 0 Å². The summed E-state index contributed by atoms with van der Waals surface area (Å²) < 4.78 is -3.02. The van der Waals surface area contributed by atoms with Gasteiger partial charge in [-0.3, -0.25) is 0 Å². The van der Waals surface area contributed by atoms with E-state index < -0.39 is 14.1 Å². The fraction of sp³-hybridized carbons (Fsp3) is 1.00. The number of hydrogen-bond acceptors (Lipinski definition) is 0. The molecule has 0 aromatic rings. The van der Waals surface area contributed by atoms with E-state index in [1.807, 2.05) is 0 Å². The van der Waals surface area contributed by atoms with Gasteiger partial charge in [-0.2, -0.15) is 0 Å². The van der Waals surface area contributed by atoms with Gasteiger partial charge in [0, 0.05) is 0 Å². The molecule has 0 spiro atoms. The van der Waals surface area contributed by atoms with Gasteiger partial charge < -0.3 is 0 Å². The van der Waals surface area contributed by atoms with E-state index in [2.05, 4.69) is 101 Å². The Morgan fingerprint density at radius 3 is 0.769 bits per heavy atom. The summed E-state index contributed by atoms with van der Waals surface area (Å²) in [7, 11) is 0. The Bertz CT molecular complexity index is 209. The standard InChI is InChI=1S/C6H18Br4P2Si/c1-11(2,3)13(7,8,9,10)12(4,5)6/h1-6H3. The molecule has 0 atom stereocenters. The molecule has 0 bridgehead atoms. The molecular weight excluding hydrogens is 482 g/mol. The number of rotatable bonds is 2. The van der Waals surface area contributed by atoms with Crippen LogP contribution >= 0.6 is 74.8 Å². The molecule has 0 saturated carbocycles. The molecule has 0 radical (unpaired) electrons. The van der Waals surface area contributed by atoms with Crippen LogP contribution in [0.2, 0.25) is 0 Å². The van der Waals surface area contributed by atoms with Gasteiger partial charge in [0.1, 0.15) is 0 Å². The first-order valence-corrected chi connectivity index (χ1v) is 23.9. The summed E-state index contributed by atoms with van der Waals surface area (Å²) in [5.74, 6) is 0. The molecule has 84 valence electrons. The van der Waals surface area contributed by atoms with Crippen molar-refractivity contribution >= 4 is 75.2 Å². The first-order valence-electron chi connectivity index (χ1n) is 3.89. The summed E-state index contributed by atoms with van der Waals surface area (Å²) in [4.78, 5) is 0. The molecule has 0 heterocycles. The molecule has 0 aromatic heterocycles. The molecule has 0 aliphatic rings. The quantitative estimate of drug-likeness (QED) is 0.259. The monoisotopic (exact) mass is 496 g/mol. The third-order valence-corrected chi connectivity index (χ3v) is 111. The topological polar surface area (TPSA) is 0 Å². The maximum atomic E-state index is 4.04. The molecule has 0 saturated heterocycles. The summed E-state index contributed by atoms with van der Waals surface area (Å²) in [6, 6.07) is 0. The van der Waals surface area contributed by atoms with Crippen molar-refractivity contribution in [2.45, 2.75) is 0 Å². The Balaban J connectivity index is 5.86. The fourth-order valence-electron chi connectivity index (χ4n) is 0.900. The van der Waals surface area contributed by atoms with Crippen molar-refractivity contribution in [2.75, 3.05) is 40.0 Å². The van der Waals surface area contributed by atoms with E-state index in [-0.39, 0.29) is 0 Å². The van der Waals surface area contributed by atoms with Gasteiger partial charge in [0.15, 0.2) is 0 Å². The Labute approximate surface area is 114 Å². The summed E-state index contributed by atoms with van der Waals surface area (Å²) in [5.41, 5.74) is 0.